The van der Waals surface area contributed by atoms with Crippen molar-refractivity contribution in [2.45, 2.75) is 99.3 Å². The first-order valence-corrected chi connectivity index (χ1v) is 27.9. The standard InChI is InChI=1S/C69H62B3N3O3/c1-38-26-39(2)66(40(3)27-38)75-54-37-59-50(35-48(54)71-46-23-17-19-25-57(46)76-60-31-42(68(7,8)9)30-56(75)64(60)71)72-49-34-47-51(36-58(49)77-61-32-43(69(10,11)12)33-62(78-59)65(61)72)73-52-28-41(67(4,5)6)29-55-63(52)70(47)45-22-16-18-24-53(45)74(55)44-20-14-13-15-21-44/h13-37,73H,1-12H3. The Kier molecular flexibility index (Phi) is 9.71. The monoisotopic (exact) mass is 1010 g/mol. The van der Waals surface area contributed by atoms with Crippen LogP contribution < -0.4 is 78.5 Å². The van der Waals surface area contributed by atoms with E-state index in [4.69, 9.17) is 14.2 Å². The molecule has 0 aromatic heterocycles. The van der Waals surface area contributed by atoms with E-state index < -0.39 is 0 Å². The highest BCUT2D eigenvalue weighted by atomic mass is 16.5. The molecule has 6 aliphatic heterocycles. The quantitative estimate of drug-likeness (QED) is 0.174. The van der Waals surface area contributed by atoms with Crippen LogP contribution in [0.4, 0.5) is 45.5 Å². The van der Waals surface area contributed by atoms with Crippen LogP contribution in [-0.4, -0.2) is 20.1 Å². The number of fused-ring (bicyclic) bond motifs is 12. The fourth-order valence-corrected chi connectivity index (χ4v) is 13.9. The third-order valence-electron chi connectivity index (χ3n) is 17.7. The molecular weight excluding hydrogens is 951 g/mol. The fraction of sp³-hybridized carbons (Fsp3) is 0.217. The minimum absolute atomic E-state index is 0.0464. The maximum Gasteiger partial charge on any atom is 0.260 e. The van der Waals surface area contributed by atoms with Gasteiger partial charge in [-0.15, -0.1) is 0 Å². The molecule has 0 fully saturated rings. The molecule has 0 radical (unpaired) electrons. The molecule has 78 heavy (non-hydrogen) atoms. The van der Waals surface area contributed by atoms with E-state index in [1.807, 2.05) is 0 Å². The molecule has 9 heteroatoms. The molecule has 0 spiro atoms. The van der Waals surface area contributed by atoms with Crippen LogP contribution in [0.25, 0.3) is 0 Å². The lowest BCUT2D eigenvalue weighted by Gasteiger charge is -2.43. The molecule has 380 valence electrons. The summed E-state index contributed by atoms with van der Waals surface area (Å²) in [5.74, 6) is 5.23. The molecule has 0 unspecified atom stereocenters. The zero-order valence-electron chi connectivity index (χ0n) is 46.8. The van der Waals surface area contributed by atoms with Gasteiger partial charge in [-0.1, -0.05) is 147 Å². The van der Waals surface area contributed by atoms with Crippen LogP contribution in [0, 0.1) is 20.8 Å². The molecule has 0 atom stereocenters. The van der Waals surface area contributed by atoms with Crippen LogP contribution in [0.15, 0.2) is 152 Å². The minimum Gasteiger partial charge on any atom is -0.458 e. The van der Waals surface area contributed by atoms with E-state index in [1.165, 1.54) is 72.2 Å². The predicted molar refractivity (Wildman–Crippen MR) is 329 cm³/mol. The highest BCUT2D eigenvalue weighted by molar-refractivity contribution is 7.03. The lowest BCUT2D eigenvalue weighted by atomic mass is 9.29. The zero-order valence-corrected chi connectivity index (χ0v) is 46.8. The Bertz CT molecular complexity index is 4100. The van der Waals surface area contributed by atoms with Gasteiger partial charge < -0.3 is 29.3 Å². The summed E-state index contributed by atoms with van der Waals surface area (Å²) in [6.07, 6.45) is 0. The summed E-state index contributed by atoms with van der Waals surface area (Å²) in [7, 11) is 0. The number of hydrogen-bond donors (Lipinski definition) is 1. The van der Waals surface area contributed by atoms with Crippen molar-refractivity contribution in [2.24, 2.45) is 0 Å². The number of benzene rings is 9. The number of hydrogen-bond acceptors (Lipinski definition) is 6. The van der Waals surface area contributed by atoms with E-state index in [1.54, 1.807) is 0 Å². The molecule has 0 aliphatic carbocycles. The van der Waals surface area contributed by atoms with E-state index >= 15 is 0 Å². The Hall–Kier alpha value is -8.03. The Labute approximate surface area is 460 Å². The number of rotatable bonds is 2. The lowest BCUT2D eigenvalue weighted by molar-refractivity contribution is 0.458. The molecule has 6 nitrogen and oxygen atoms in total. The number of para-hydroxylation sites is 3. The number of ether oxygens (including phenoxy) is 3. The summed E-state index contributed by atoms with van der Waals surface area (Å²) in [6.45, 7) is 27.0. The first-order chi connectivity index (χ1) is 37.3. The van der Waals surface area contributed by atoms with Crippen molar-refractivity contribution in [3.8, 4) is 34.5 Å². The SMILES string of the molecule is Cc1cc(C)c(N2c3cc4c(cc3B3c5ccccc5Oc5cc(C(C)(C)C)cc2c53)B2c3cc5c(cc3Oc3cc(C(C)(C)C)cc(c32)O4)Nc2cc(C(C)(C)C)cc3c2B5c2ccccc2N3c2ccccc2)c(C)c1. The molecule has 15 rings (SSSR count). The number of anilines is 8. The van der Waals surface area contributed by atoms with E-state index in [2.05, 4.69) is 250 Å². The molecule has 1 N–H and O–H groups in total. The second kappa shape index (κ2) is 16.0. The van der Waals surface area contributed by atoms with Gasteiger partial charge in [0.2, 0.25) is 0 Å². The normalized spacial score (nSPS) is 14.7. The van der Waals surface area contributed by atoms with Crippen LogP contribution in [0.3, 0.4) is 0 Å². The summed E-state index contributed by atoms with van der Waals surface area (Å²) in [5.41, 5.74) is 26.9. The van der Waals surface area contributed by atoms with Gasteiger partial charge in [0.05, 0.1) is 5.69 Å². The van der Waals surface area contributed by atoms with E-state index in [9.17, 15) is 0 Å². The van der Waals surface area contributed by atoms with Gasteiger partial charge in [-0.25, -0.2) is 0 Å². The lowest BCUT2D eigenvalue weighted by Crippen LogP contribution is -2.64. The smallest absolute Gasteiger partial charge is 0.260 e. The van der Waals surface area contributed by atoms with Gasteiger partial charge in [0, 0.05) is 57.4 Å². The third kappa shape index (κ3) is 6.79. The van der Waals surface area contributed by atoms with Crippen LogP contribution in [0.2, 0.25) is 0 Å². The van der Waals surface area contributed by atoms with Gasteiger partial charge in [0.15, 0.2) is 0 Å². The van der Waals surface area contributed by atoms with Crippen molar-refractivity contribution in [1.82, 2.24) is 0 Å². The first kappa shape index (κ1) is 47.2. The van der Waals surface area contributed by atoms with Crippen molar-refractivity contribution in [2.75, 3.05) is 15.1 Å². The summed E-state index contributed by atoms with van der Waals surface area (Å²) in [6, 6.07) is 57.0. The van der Waals surface area contributed by atoms with Gasteiger partial charge in [0.25, 0.3) is 20.1 Å². The maximum absolute atomic E-state index is 7.46. The van der Waals surface area contributed by atoms with Crippen molar-refractivity contribution >= 4 is 115 Å². The van der Waals surface area contributed by atoms with E-state index in [-0.39, 0.29) is 36.4 Å². The molecule has 9 aromatic carbocycles. The third-order valence-corrected chi connectivity index (χ3v) is 17.7. The van der Waals surface area contributed by atoms with Gasteiger partial charge in [0.1, 0.15) is 34.5 Å². The second-order valence-electron chi connectivity index (χ2n) is 26.0. The van der Waals surface area contributed by atoms with Crippen LogP contribution in [0.5, 0.6) is 34.5 Å². The zero-order chi connectivity index (χ0) is 53.6. The van der Waals surface area contributed by atoms with Crippen LogP contribution in [0.1, 0.15) is 95.7 Å². The van der Waals surface area contributed by atoms with Gasteiger partial charge >= 0.3 is 0 Å². The predicted octanol–water partition coefficient (Wildman–Crippen LogP) is 12.0. The fourth-order valence-electron chi connectivity index (χ4n) is 13.9. The molecule has 0 bridgehead atoms. The average molecular weight is 1010 g/mol. The minimum atomic E-state index is -0.202. The molecular formula is C69H62B3N3O3. The maximum atomic E-state index is 7.46. The highest BCUT2D eigenvalue weighted by Gasteiger charge is 2.49. The van der Waals surface area contributed by atoms with Crippen molar-refractivity contribution in [3.05, 3.63) is 185 Å². The second-order valence-corrected chi connectivity index (χ2v) is 26.0. The highest BCUT2D eigenvalue weighted by Crippen LogP contribution is 2.49. The summed E-state index contributed by atoms with van der Waals surface area (Å²) >= 11 is 0. The van der Waals surface area contributed by atoms with E-state index in [0.717, 1.165) is 90.3 Å². The molecule has 0 saturated carbocycles. The van der Waals surface area contributed by atoms with Gasteiger partial charge in [-0.3, -0.25) is 0 Å². The first-order valence-electron chi connectivity index (χ1n) is 27.9. The average Bonchev–Trinajstić information content (AvgIpc) is 3.59. The molecule has 0 saturated heterocycles. The molecule has 9 aromatic rings. The summed E-state index contributed by atoms with van der Waals surface area (Å²) < 4.78 is 21.9. The largest absolute Gasteiger partial charge is 0.458 e. The Balaban J connectivity index is 1.00. The van der Waals surface area contributed by atoms with Crippen molar-refractivity contribution < 1.29 is 14.2 Å². The van der Waals surface area contributed by atoms with Crippen molar-refractivity contribution in [1.29, 1.82) is 0 Å². The topological polar surface area (TPSA) is 46.2 Å². The van der Waals surface area contributed by atoms with Crippen LogP contribution in [-0.2, 0) is 16.2 Å². The number of nitrogens with zero attached hydrogens (tertiary/aromatic N) is 2. The van der Waals surface area contributed by atoms with Gasteiger partial charge in [-0.05, 0) is 169 Å². The Morgan fingerprint density at radius 2 is 0.872 bits per heavy atom. The van der Waals surface area contributed by atoms with Gasteiger partial charge in [-0.2, -0.15) is 0 Å². The number of aryl methyl sites for hydroxylation is 3. The molecule has 6 heterocycles. The Morgan fingerprint density at radius 1 is 0.359 bits per heavy atom. The number of nitrogens with one attached hydrogen (secondary N) is 1. The Morgan fingerprint density at radius 3 is 1.54 bits per heavy atom. The summed E-state index contributed by atoms with van der Waals surface area (Å²) in [5, 5.41) is 4.06. The van der Waals surface area contributed by atoms with Crippen LogP contribution >= 0.6 is 0 Å². The summed E-state index contributed by atoms with van der Waals surface area (Å²) in [4.78, 5) is 5.02. The molecule has 6 aliphatic rings. The molecule has 0 amide bonds. The van der Waals surface area contributed by atoms with Crippen molar-refractivity contribution in [3.63, 3.8) is 0 Å². The van der Waals surface area contributed by atoms with E-state index in [0.29, 0.717) is 0 Å².